The summed E-state index contributed by atoms with van der Waals surface area (Å²) < 4.78 is 15.7. The number of fused-ring (bicyclic) bond motifs is 6. The summed E-state index contributed by atoms with van der Waals surface area (Å²) in [5.74, 6) is 2.23. The van der Waals surface area contributed by atoms with Crippen LogP contribution in [0.15, 0.2) is 91.9 Å². The molecule has 12 heteroatoms. The first kappa shape index (κ1) is 35.0. The number of carbonyl (C=O) groups excluding carboxylic acids is 2. The summed E-state index contributed by atoms with van der Waals surface area (Å²) in [6, 6.07) is 16.4. The van der Waals surface area contributed by atoms with Crippen molar-refractivity contribution >= 4 is 23.1 Å². The van der Waals surface area contributed by atoms with Crippen LogP contribution in [0.3, 0.4) is 0 Å². The van der Waals surface area contributed by atoms with E-state index >= 15 is 0 Å². The fraction of sp³-hybridized carbons (Fsp3) is 0.395. The summed E-state index contributed by atoms with van der Waals surface area (Å²) in [4.78, 5) is 48.7. The molecule has 6 unspecified atom stereocenters. The van der Waals surface area contributed by atoms with Gasteiger partial charge in [-0.3, -0.25) is 9.59 Å². The van der Waals surface area contributed by atoms with Crippen molar-refractivity contribution in [1.82, 2.24) is 38.5 Å². The van der Waals surface area contributed by atoms with E-state index in [4.69, 9.17) is 9.47 Å². The number of carbonyl (C=O) groups is 2. The molecule has 282 valence electrons. The number of amides is 2. The van der Waals surface area contributed by atoms with Gasteiger partial charge in [0, 0.05) is 97.2 Å². The topological polar surface area (TPSA) is 119 Å². The molecular formula is C43H46N8O4. The number of ether oxygens (including phenoxy) is 2. The lowest BCUT2D eigenvalue weighted by Gasteiger charge is -2.25. The number of hydrogen-bond donors (Lipinski definition) is 0. The summed E-state index contributed by atoms with van der Waals surface area (Å²) in [5.41, 5.74) is 5.96. The van der Waals surface area contributed by atoms with Gasteiger partial charge in [-0.1, -0.05) is 12.1 Å². The van der Waals surface area contributed by atoms with Gasteiger partial charge in [-0.15, -0.1) is 0 Å². The van der Waals surface area contributed by atoms with Crippen LogP contribution in [0.4, 0.5) is 0 Å². The molecule has 0 radical (unpaired) electrons. The highest BCUT2D eigenvalue weighted by molar-refractivity contribution is 6.02. The first-order valence-corrected chi connectivity index (χ1v) is 19.4. The minimum absolute atomic E-state index is 0.108. The van der Waals surface area contributed by atoms with Crippen molar-refractivity contribution in [2.45, 2.75) is 83.5 Å². The lowest BCUT2D eigenvalue weighted by atomic mass is 9.90. The Morgan fingerprint density at radius 1 is 0.636 bits per heavy atom. The van der Waals surface area contributed by atoms with Gasteiger partial charge in [0.15, 0.2) is 0 Å². The Morgan fingerprint density at radius 3 is 1.76 bits per heavy atom. The van der Waals surface area contributed by atoms with E-state index in [-0.39, 0.29) is 23.9 Å². The molecule has 4 saturated heterocycles. The predicted octanol–water partition coefficient (Wildman–Crippen LogP) is 6.53. The van der Waals surface area contributed by atoms with E-state index in [0.717, 1.165) is 77.8 Å². The predicted molar refractivity (Wildman–Crippen MR) is 206 cm³/mol. The van der Waals surface area contributed by atoms with Crippen LogP contribution < -0.4 is 9.47 Å². The van der Waals surface area contributed by atoms with Crippen LogP contribution in [-0.4, -0.2) is 87.7 Å². The lowest BCUT2D eigenvalue weighted by molar-refractivity contribution is 0.0701. The van der Waals surface area contributed by atoms with Crippen molar-refractivity contribution in [1.29, 1.82) is 0 Å². The summed E-state index contributed by atoms with van der Waals surface area (Å²) in [7, 11) is 0. The van der Waals surface area contributed by atoms with E-state index < -0.39 is 0 Å². The molecule has 0 spiro atoms. The average molecular weight is 739 g/mol. The van der Waals surface area contributed by atoms with Crippen LogP contribution in [0.5, 0.6) is 11.8 Å². The minimum atomic E-state index is 0.108. The first-order valence-electron chi connectivity index (χ1n) is 19.4. The Hall–Kier alpha value is -5.78. The van der Waals surface area contributed by atoms with Gasteiger partial charge in [-0.05, 0) is 94.7 Å². The van der Waals surface area contributed by atoms with Gasteiger partial charge in [0.2, 0.25) is 11.8 Å². The first-order chi connectivity index (χ1) is 26.9. The molecule has 0 aliphatic carbocycles. The van der Waals surface area contributed by atoms with E-state index in [1.165, 1.54) is 0 Å². The molecule has 55 heavy (non-hydrogen) atoms. The summed E-state index contributed by atoms with van der Waals surface area (Å²) in [5, 5.41) is 0. The monoisotopic (exact) mass is 738 g/mol. The Balaban J connectivity index is 0.000000144. The minimum Gasteiger partial charge on any atom is -0.477 e. The molecule has 4 aliphatic heterocycles. The Kier molecular flexibility index (Phi) is 9.19. The fourth-order valence-corrected chi connectivity index (χ4v) is 9.60. The molecule has 0 N–H and O–H groups in total. The number of aromatic nitrogens is 6. The van der Waals surface area contributed by atoms with Gasteiger partial charge in [0.05, 0.1) is 24.3 Å². The van der Waals surface area contributed by atoms with Crippen LogP contribution in [0.1, 0.15) is 76.1 Å². The highest BCUT2D eigenvalue weighted by Gasteiger charge is 2.50. The number of hydrogen-bond acceptors (Lipinski definition) is 8. The Bertz CT molecular complexity index is 2340. The van der Waals surface area contributed by atoms with Crippen molar-refractivity contribution in [3.8, 4) is 11.8 Å². The number of aryl methyl sites for hydroxylation is 3. The number of pyridine rings is 4. The number of imidazole rings is 2. The van der Waals surface area contributed by atoms with Crippen molar-refractivity contribution in [2.75, 3.05) is 13.2 Å². The lowest BCUT2D eigenvalue weighted by Crippen LogP contribution is -2.38. The molecule has 6 aromatic heterocycles. The van der Waals surface area contributed by atoms with Crippen molar-refractivity contribution in [3.63, 3.8) is 0 Å². The van der Waals surface area contributed by atoms with E-state index in [1.807, 2.05) is 103 Å². The van der Waals surface area contributed by atoms with Crippen LogP contribution >= 0.6 is 0 Å². The SMILES string of the molecule is Cc1ccn2c(C)cnc2c1C(=O)N1C2CCC1C(COc1ccccn1)C2.Cc1ccn2ccnc2c1C(=O)N1C2CCC1C(COc1ccccn1)C2. The second kappa shape index (κ2) is 14.5. The Morgan fingerprint density at radius 2 is 1.20 bits per heavy atom. The maximum atomic E-state index is 13.6. The molecule has 0 saturated carbocycles. The highest BCUT2D eigenvalue weighted by Crippen LogP contribution is 2.44. The standard InChI is InChI=1S/C22H24N4O2.C21H22N4O2/c1-14-8-10-25-15(2)12-24-21(25)20(14)22(27)26-17-6-7-18(26)16(11-17)13-28-19-5-3-4-9-23-19;1-14-7-10-24-11-9-23-20(24)19(14)21(26)25-16-5-6-17(25)15(12-16)13-27-18-4-2-3-8-22-18/h3-5,8-10,12,16-18H,6-7,11,13H2,1-2H3;2-4,7-11,15-17H,5-6,12-13H2,1H3. The van der Waals surface area contributed by atoms with Crippen molar-refractivity contribution in [3.05, 3.63) is 120 Å². The molecule has 0 aromatic carbocycles. The van der Waals surface area contributed by atoms with Gasteiger partial charge in [-0.25, -0.2) is 19.9 Å². The normalized spacial score (nSPS) is 23.7. The maximum absolute atomic E-state index is 13.6. The maximum Gasteiger partial charge on any atom is 0.258 e. The summed E-state index contributed by atoms with van der Waals surface area (Å²) in [6.07, 6.45) is 19.1. The largest absolute Gasteiger partial charge is 0.477 e. The second-order valence-corrected chi connectivity index (χ2v) is 15.5. The molecule has 10 heterocycles. The Labute approximate surface area is 320 Å². The van der Waals surface area contributed by atoms with Crippen LogP contribution in [0.2, 0.25) is 0 Å². The van der Waals surface area contributed by atoms with E-state index in [9.17, 15) is 9.59 Å². The number of nitrogens with zero attached hydrogens (tertiary/aromatic N) is 8. The molecule has 2 amide bonds. The summed E-state index contributed by atoms with van der Waals surface area (Å²) in [6.45, 7) is 7.20. The molecule has 12 nitrogen and oxygen atoms in total. The molecule has 6 aromatic rings. The molecule has 6 atom stereocenters. The molecule has 4 aliphatic rings. The zero-order valence-electron chi connectivity index (χ0n) is 31.5. The van der Waals surface area contributed by atoms with Crippen LogP contribution in [0.25, 0.3) is 11.3 Å². The van der Waals surface area contributed by atoms with Crippen molar-refractivity contribution < 1.29 is 19.1 Å². The van der Waals surface area contributed by atoms with Gasteiger partial charge in [0.1, 0.15) is 11.3 Å². The molecular weight excluding hydrogens is 693 g/mol. The third-order valence-corrected chi connectivity index (χ3v) is 12.2. The highest BCUT2D eigenvalue weighted by atomic mass is 16.5. The van der Waals surface area contributed by atoms with Gasteiger partial charge < -0.3 is 28.1 Å². The molecule has 10 rings (SSSR count). The third-order valence-electron chi connectivity index (χ3n) is 12.2. The fourth-order valence-electron chi connectivity index (χ4n) is 9.60. The average Bonchev–Trinajstić information content (AvgIpc) is 4.08. The van der Waals surface area contributed by atoms with Gasteiger partial charge in [-0.2, -0.15) is 0 Å². The van der Waals surface area contributed by atoms with Crippen LogP contribution in [-0.2, 0) is 0 Å². The van der Waals surface area contributed by atoms with E-state index in [2.05, 4.69) is 29.7 Å². The van der Waals surface area contributed by atoms with Crippen molar-refractivity contribution in [2.24, 2.45) is 11.8 Å². The molecule has 4 fully saturated rings. The second-order valence-electron chi connectivity index (χ2n) is 15.5. The quantitative estimate of drug-likeness (QED) is 0.173. The number of rotatable bonds is 8. The zero-order chi connectivity index (χ0) is 37.6. The smallest absolute Gasteiger partial charge is 0.258 e. The third kappa shape index (κ3) is 6.36. The van der Waals surface area contributed by atoms with Gasteiger partial charge in [0.25, 0.3) is 11.8 Å². The van der Waals surface area contributed by atoms with Crippen LogP contribution in [0, 0.1) is 32.6 Å². The molecule has 4 bridgehead atoms. The summed E-state index contributed by atoms with van der Waals surface area (Å²) >= 11 is 0. The van der Waals surface area contributed by atoms with E-state index in [1.54, 1.807) is 18.6 Å². The van der Waals surface area contributed by atoms with Gasteiger partial charge >= 0.3 is 0 Å². The zero-order valence-corrected chi connectivity index (χ0v) is 31.5. The van der Waals surface area contributed by atoms with E-state index in [0.29, 0.717) is 48.9 Å².